The molecule has 344 valence electrons. The minimum absolute atomic E-state index is 0.201. The SMILES string of the molecule is CC[C@H](C)[C@@H]1NC(=O)CNC(=O)C2CC(=O)[C@H](C(C)[C@@H](O)CO)NC(=O)[C@@H]3CC(O)CN3C(=O)C(CC(N)=O)NC(=O)C(CSc3[nH]c4c(O)cccc4c3C2)NC(=O)CNC1=O. The fourth-order valence-electron chi connectivity index (χ4n) is 7.87. The van der Waals surface area contributed by atoms with Gasteiger partial charge < -0.3 is 67.9 Å². The second kappa shape index (κ2) is 21.1. The molecule has 13 N–H and O–H groups in total. The molecule has 2 aromatic rings. The number of aliphatic hydroxyl groups excluding tert-OH is 3. The van der Waals surface area contributed by atoms with E-state index in [9.17, 15) is 63.6 Å². The number of nitrogens with two attached hydrogens (primary N) is 1. The monoisotopic (exact) mass is 901 g/mol. The van der Waals surface area contributed by atoms with Gasteiger partial charge in [-0.15, -0.1) is 11.8 Å². The number of aromatic nitrogens is 1. The summed E-state index contributed by atoms with van der Waals surface area (Å²) in [6.07, 6.45) is -4.50. The van der Waals surface area contributed by atoms with Gasteiger partial charge in [-0.1, -0.05) is 39.3 Å². The van der Waals surface area contributed by atoms with Gasteiger partial charge in [0, 0.05) is 42.4 Å². The Kier molecular flexibility index (Phi) is 16.1. The van der Waals surface area contributed by atoms with Gasteiger partial charge in [-0.2, -0.15) is 0 Å². The standard InChI is InChI=1S/C40H55N9O13S/c1-4-17(2)32-38(61)43-12-30(56)44-24-16-63-39-22(21-6-5-7-26(52)34(21)48-39)8-19(35(58)42-13-31(57)46-32)9-27(53)33(18(3)28(54)15-50)47-37(60)25-10-20(51)14-49(25)40(62)23(11-29(41)55)45-36(24)59/h5-7,17-20,23-25,28,32-33,48,50-52,54H,4,8-16H2,1-3H3,(H2,41,55)(H,42,58)(H,43,61)(H,44,56)(H,45,59)(H,46,57)(H,47,60)/t17-,18?,19?,20?,23?,24?,25-,28-,32-,33-/m0/s1. The van der Waals surface area contributed by atoms with Crippen molar-refractivity contribution in [1.29, 1.82) is 0 Å². The van der Waals surface area contributed by atoms with Crippen LogP contribution in [0.25, 0.3) is 10.9 Å². The van der Waals surface area contributed by atoms with Crippen LogP contribution in [0.5, 0.6) is 5.75 Å². The number of amides is 8. The zero-order chi connectivity index (χ0) is 46.3. The Morgan fingerprint density at radius 2 is 1.59 bits per heavy atom. The number of ketones is 1. The van der Waals surface area contributed by atoms with E-state index in [-0.39, 0.29) is 34.9 Å². The Bertz CT molecular complexity index is 2120. The van der Waals surface area contributed by atoms with Crippen molar-refractivity contribution >= 4 is 75.7 Å². The van der Waals surface area contributed by atoms with Crippen molar-refractivity contribution in [3.63, 3.8) is 0 Å². The lowest BCUT2D eigenvalue weighted by Crippen LogP contribution is -2.60. The van der Waals surface area contributed by atoms with Crippen LogP contribution in [-0.2, 0) is 49.6 Å². The maximum atomic E-state index is 14.5. The van der Waals surface area contributed by atoms with Crippen LogP contribution in [0, 0.1) is 17.8 Å². The number of aliphatic hydroxyl groups is 3. The molecule has 0 saturated carbocycles. The number of aromatic amines is 1. The van der Waals surface area contributed by atoms with Crippen molar-refractivity contribution < 1.29 is 63.6 Å². The third-order valence-electron chi connectivity index (χ3n) is 11.7. The molecule has 23 heteroatoms. The number of carbonyl (C=O) groups excluding carboxylic acids is 9. The summed E-state index contributed by atoms with van der Waals surface area (Å²) in [5, 5.41) is 58.0. The molecule has 1 aromatic carbocycles. The number of para-hydroxylation sites is 1. The molecule has 1 saturated heterocycles. The van der Waals surface area contributed by atoms with Crippen LogP contribution in [0.3, 0.4) is 0 Å². The van der Waals surface area contributed by atoms with Crippen molar-refractivity contribution in [2.24, 2.45) is 23.5 Å². The normalized spacial score (nSPS) is 27.7. The summed E-state index contributed by atoms with van der Waals surface area (Å²) in [4.78, 5) is 128. The van der Waals surface area contributed by atoms with Gasteiger partial charge >= 0.3 is 0 Å². The number of benzene rings is 1. The second-order valence-electron chi connectivity index (χ2n) is 16.2. The predicted molar refractivity (Wildman–Crippen MR) is 223 cm³/mol. The number of phenolic OH excluding ortho intramolecular Hbond substituents is 1. The number of primary amides is 1. The van der Waals surface area contributed by atoms with Crippen LogP contribution in [0.1, 0.15) is 52.0 Å². The molecule has 0 radical (unpaired) electrons. The highest BCUT2D eigenvalue weighted by Crippen LogP contribution is 2.37. The van der Waals surface area contributed by atoms with Gasteiger partial charge in [0.1, 0.15) is 29.9 Å². The molecule has 1 aromatic heterocycles. The number of H-pyrrole nitrogens is 1. The average Bonchev–Trinajstić information content (AvgIpc) is 3.82. The second-order valence-corrected chi connectivity index (χ2v) is 17.3. The summed E-state index contributed by atoms with van der Waals surface area (Å²) in [5.74, 6) is -11.6. The van der Waals surface area contributed by atoms with Gasteiger partial charge in [-0.3, -0.25) is 43.2 Å². The van der Waals surface area contributed by atoms with Crippen LogP contribution in [0.4, 0.5) is 0 Å². The largest absolute Gasteiger partial charge is 0.506 e. The summed E-state index contributed by atoms with van der Waals surface area (Å²) < 4.78 is 0. The number of rotatable bonds is 7. The number of hydrogen-bond donors (Lipinski definition) is 12. The lowest BCUT2D eigenvalue weighted by Gasteiger charge is -2.32. The third kappa shape index (κ3) is 11.6. The number of aromatic hydroxyl groups is 1. The molecular formula is C40H55N9O13S. The van der Waals surface area contributed by atoms with E-state index >= 15 is 0 Å². The number of phenols is 1. The van der Waals surface area contributed by atoms with E-state index in [0.29, 0.717) is 17.4 Å². The highest BCUT2D eigenvalue weighted by molar-refractivity contribution is 7.99. The van der Waals surface area contributed by atoms with Crippen LogP contribution in [0.2, 0.25) is 0 Å². The Hall–Kier alpha value is -5.78. The lowest BCUT2D eigenvalue weighted by atomic mass is 9.85. The van der Waals surface area contributed by atoms with E-state index in [1.54, 1.807) is 19.9 Å². The number of nitrogens with one attached hydrogen (secondary N) is 7. The maximum Gasteiger partial charge on any atom is 0.246 e. The smallest absolute Gasteiger partial charge is 0.246 e. The number of hydrogen-bond acceptors (Lipinski definition) is 14. The Morgan fingerprint density at radius 1 is 0.905 bits per heavy atom. The first kappa shape index (κ1) is 48.3. The Balaban J connectivity index is 1.71. The summed E-state index contributed by atoms with van der Waals surface area (Å²) in [5.41, 5.74) is 6.08. The van der Waals surface area contributed by atoms with Gasteiger partial charge in [-0.05, 0) is 24.0 Å². The van der Waals surface area contributed by atoms with Gasteiger partial charge in [0.2, 0.25) is 47.3 Å². The number of Topliss-reactive ketones (excluding diaryl/α,β-unsaturated/α-hetero) is 1. The highest BCUT2D eigenvalue weighted by Gasteiger charge is 2.45. The van der Waals surface area contributed by atoms with E-state index in [1.165, 1.54) is 19.1 Å². The highest BCUT2D eigenvalue weighted by atomic mass is 32.2. The van der Waals surface area contributed by atoms with E-state index in [2.05, 4.69) is 36.9 Å². The minimum atomic E-state index is -1.74. The summed E-state index contributed by atoms with van der Waals surface area (Å²) in [6, 6.07) is -3.00. The molecule has 5 unspecified atom stereocenters. The third-order valence-corrected chi connectivity index (χ3v) is 12.8. The molecular weight excluding hydrogens is 847 g/mol. The van der Waals surface area contributed by atoms with Crippen LogP contribution >= 0.6 is 11.8 Å². The van der Waals surface area contributed by atoms with E-state index in [1.807, 2.05) is 0 Å². The van der Waals surface area contributed by atoms with Gasteiger partial charge in [0.25, 0.3) is 0 Å². The predicted octanol–water partition coefficient (Wildman–Crippen LogP) is -3.85. The first-order valence-electron chi connectivity index (χ1n) is 20.6. The van der Waals surface area contributed by atoms with Crippen LogP contribution < -0.4 is 37.6 Å². The van der Waals surface area contributed by atoms with Crippen molar-refractivity contribution in [3.8, 4) is 5.75 Å². The molecule has 0 spiro atoms. The molecule has 10 atom stereocenters. The van der Waals surface area contributed by atoms with Crippen LogP contribution in [0.15, 0.2) is 23.2 Å². The van der Waals surface area contributed by atoms with Gasteiger partial charge in [0.15, 0.2) is 5.78 Å². The summed E-state index contributed by atoms with van der Waals surface area (Å²) >= 11 is 0.950. The molecule has 22 nitrogen and oxygen atoms in total. The summed E-state index contributed by atoms with van der Waals surface area (Å²) in [6.45, 7) is 2.20. The molecule has 1 fully saturated rings. The first-order valence-corrected chi connectivity index (χ1v) is 21.6. The number of carbonyl (C=O) groups is 9. The molecule has 8 amide bonds. The lowest BCUT2D eigenvalue weighted by molar-refractivity contribution is -0.144. The molecule has 5 rings (SSSR count). The first-order chi connectivity index (χ1) is 29.8. The maximum absolute atomic E-state index is 14.5. The summed E-state index contributed by atoms with van der Waals surface area (Å²) in [7, 11) is 0. The van der Waals surface area contributed by atoms with Crippen molar-refractivity contribution in [3.05, 3.63) is 23.8 Å². The Morgan fingerprint density at radius 3 is 2.25 bits per heavy atom. The van der Waals surface area contributed by atoms with Crippen LogP contribution in [-0.4, -0.2) is 158 Å². The van der Waals surface area contributed by atoms with Crippen molar-refractivity contribution in [2.45, 2.75) is 100 Å². The van der Waals surface area contributed by atoms with Crippen molar-refractivity contribution in [2.75, 3.05) is 32.0 Å². The molecule has 63 heavy (non-hydrogen) atoms. The van der Waals surface area contributed by atoms with E-state index in [4.69, 9.17) is 5.73 Å². The average molecular weight is 902 g/mol. The number of thioether (sulfide) groups is 1. The fraction of sp³-hybridized carbons (Fsp3) is 0.575. The molecule has 3 aliphatic heterocycles. The van der Waals surface area contributed by atoms with Crippen molar-refractivity contribution in [1.82, 2.24) is 41.8 Å². The molecule has 0 aliphatic carbocycles. The van der Waals surface area contributed by atoms with E-state index < -0.39 is 152 Å². The molecule has 4 heterocycles. The number of nitrogens with zero attached hydrogens (tertiary/aromatic N) is 1. The minimum Gasteiger partial charge on any atom is -0.506 e. The van der Waals surface area contributed by atoms with Gasteiger partial charge in [-0.25, -0.2) is 0 Å². The topological polar surface area (TPSA) is 352 Å². The van der Waals surface area contributed by atoms with Gasteiger partial charge in [0.05, 0.1) is 54.9 Å². The fourth-order valence-corrected chi connectivity index (χ4v) is 8.98. The molecule has 3 aliphatic rings. The van der Waals surface area contributed by atoms with E-state index in [0.717, 1.165) is 16.7 Å². The quantitative estimate of drug-likeness (QED) is 0.127. The Labute approximate surface area is 365 Å². The zero-order valence-electron chi connectivity index (χ0n) is 35.0. The zero-order valence-corrected chi connectivity index (χ0v) is 35.8. The number of fused-ring (bicyclic) bond motifs is 5. The molecule has 2 bridgehead atoms.